The van der Waals surface area contributed by atoms with Crippen LogP contribution in [0.25, 0.3) is 11.4 Å². The maximum absolute atomic E-state index is 8.67. The molecular weight excluding hydrogens is 318 g/mol. The predicted octanol–water partition coefficient (Wildman–Crippen LogP) is 3.78. The third kappa shape index (κ3) is 4.00. The average Bonchev–Trinajstić information content (AvgIpc) is 3.03. The SMILES string of the molecule is N#CCCCSc1nnc(-c2cccnc2)n1Cc1ccccc1. The third-order valence-corrected chi connectivity index (χ3v) is 4.54. The third-order valence-electron chi connectivity index (χ3n) is 3.48. The van der Waals surface area contributed by atoms with Gasteiger partial charge in [0.25, 0.3) is 0 Å². The van der Waals surface area contributed by atoms with Gasteiger partial charge < -0.3 is 0 Å². The molecule has 0 N–H and O–H groups in total. The summed E-state index contributed by atoms with van der Waals surface area (Å²) < 4.78 is 2.11. The lowest BCUT2D eigenvalue weighted by Crippen LogP contribution is -2.04. The molecule has 0 unspecified atom stereocenters. The first-order valence-electron chi connectivity index (χ1n) is 7.76. The number of aromatic nitrogens is 4. The molecule has 0 aliphatic rings. The summed E-state index contributed by atoms with van der Waals surface area (Å²) in [5, 5.41) is 18.3. The van der Waals surface area contributed by atoms with Gasteiger partial charge >= 0.3 is 0 Å². The van der Waals surface area contributed by atoms with E-state index in [1.165, 1.54) is 5.56 Å². The Bertz CT molecular complexity index is 808. The van der Waals surface area contributed by atoms with E-state index < -0.39 is 0 Å². The summed E-state index contributed by atoms with van der Waals surface area (Å²) in [6.07, 6.45) is 4.96. The van der Waals surface area contributed by atoms with Crippen molar-refractivity contribution in [3.8, 4) is 17.5 Å². The lowest BCUT2D eigenvalue weighted by molar-refractivity contribution is 0.714. The Hall–Kier alpha value is -2.65. The standard InChI is InChI=1S/C18H17N5S/c19-10-4-5-12-24-18-22-21-17(16-9-6-11-20-13-16)23(18)14-15-7-2-1-3-8-15/h1-3,6-9,11,13H,4-5,12,14H2. The van der Waals surface area contributed by atoms with Crippen molar-refractivity contribution in [2.75, 3.05) is 5.75 Å². The van der Waals surface area contributed by atoms with Crippen LogP contribution in [-0.4, -0.2) is 25.5 Å². The van der Waals surface area contributed by atoms with Crippen molar-refractivity contribution in [3.05, 3.63) is 60.4 Å². The Labute approximate surface area is 145 Å². The molecule has 6 heteroatoms. The quantitative estimate of drug-likeness (QED) is 0.485. The Kier molecular flexibility index (Phi) is 5.59. The minimum absolute atomic E-state index is 0.565. The van der Waals surface area contributed by atoms with Crippen molar-refractivity contribution in [1.29, 1.82) is 5.26 Å². The minimum atomic E-state index is 0.565. The first-order valence-corrected chi connectivity index (χ1v) is 8.74. The van der Waals surface area contributed by atoms with Gasteiger partial charge in [-0.05, 0) is 24.1 Å². The number of thioether (sulfide) groups is 1. The summed E-state index contributed by atoms with van der Waals surface area (Å²) in [7, 11) is 0. The normalized spacial score (nSPS) is 10.5. The van der Waals surface area contributed by atoms with E-state index in [1.807, 2.05) is 30.3 Å². The molecule has 5 nitrogen and oxygen atoms in total. The van der Waals surface area contributed by atoms with Crippen LogP contribution in [0.1, 0.15) is 18.4 Å². The van der Waals surface area contributed by atoms with Crippen LogP contribution in [0, 0.1) is 11.3 Å². The fourth-order valence-electron chi connectivity index (χ4n) is 2.33. The molecule has 2 aromatic heterocycles. The van der Waals surface area contributed by atoms with E-state index in [2.05, 4.69) is 38.0 Å². The summed E-state index contributed by atoms with van der Waals surface area (Å²) in [6.45, 7) is 0.707. The van der Waals surface area contributed by atoms with Crippen molar-refractivity contribution in [2.24, 2.45) is 0 Å². The highest BCUT2D eigenvalue weighted by Gasteiger charge is 2.14. The molecule has 0 atom stereocenters. The Morgan fingerprint density at radius 3 is 2.71 bits per heavy atom. The molecule has 120 valence electrons. The number of unbranched alkanes of at least 4 members (excludes halogenated alkanes) is 1. The first kappa shape index (κ1) is 16.2. The van der Waals surface area contributed by atoms with Crippen molar-refractivity contribution in [2.45, 2.75) is 24.5 Å². The lowest BCUT2D eigenvalue weighted by atomic mass is 10.2. The second-order valence-electron chi connectivity index (χ2n) is 5.23. The topological polar surface area (TPSA) is 67.4 Å². The average molecular weight is 335 g/mol. The summed E-state index contributed by atoms with van der Waals surface area (Å²) in [6, 6.07) is 16.3. The van der Waals surface area contributed by atoms with Gasteiger partial charge in [-0.25, -0.2) is 0 Å². The summed E-state index contributed by atoms with van der Waals surface area (Å²) >= 11 is 1.64. The van der Waals surface area contributed by atoms with Crippen molar-refractivity contribution < 1.29 is 0 Å². The van der Waals surface area contributed by atoms with Gasteiger partial charge in [-0.3, -0.25) is 9.55 Å². The second kappa shape index (κ2) is 8.27. The number of nitrogens with zero attached hydrogens (tertiary/aromatic N) is 5. The number of rotatable bonds is 7. The summed E-state index contributed by atoms with van der Waals surface area (Å²) in [4.78, 5) is 4.18. The van der Waals surface area contributed by atoms with E-state index in [0.717, 1.165) is 28.7 Å². The van der Waals surface area contributed by atoms with Gasteiger partial charge in [-0.2, -0.15) is 5.26 Å². The van der Waals surface area contributed by atoms with Crippen LogP contribution < -0.4 is 0 Å². The highest BCUT2D eigenvalue weighted by atomic mass is 32.2. The van der Waals surface area contributed by atoms with Gasteiger partial charge in [0.05, 0.1) is 12.6 Å². The van der Waals surface area contributed by atoms with Gasteiger partial charge in [-0.15, -0.1) is 10.2 Å². The summed E-state index contributed by atoms with van der Waals surface area (Å²) in [5.74, 6) is 1.67. The highest BCUT2D eigenvalue weighted by molar-refractivity contribution is 7.99. The number of pyridine rings is 1. The van der Waals surface area contributed by atoms with Crippen LogP contribution in [0.15, 0.2) is 60.0 Å². The predicted molar refractivity (Wildman–Crippen MR) is 94.4 cm³/mol. The molecule has 0 radical (unpaired) electrons. The zero-order valence-corrected chi connectivity index (χ0v) is 14.0. The molecule has 0 fully saturated rings. The monoisotopic (exact) mass is 335 g/mol. The van der Waals surface area contributed by atoms with Crippen LogP contribution in [0.5, 0.6) is 0 Å². The van der Waals surface area contributed by atoms with Crippen LogP contribution in [0.2, 0.25) is 0 Å². The molecule has 0 amide bonds. The largest absolute Gasteiger partial charge is 0.298 e. The van der Waals surface area contributed by atoms with Crippen molar-refractivity contribution >= 4 is 11.8 Å². The smallest absolute Gasteiger partial charge is 0.191 e. The molecule has 0 saturated carbocycles. The molecule has 24 heavy (non-hydrogen) atoms. The zero-order valence-electron chi connectivity index (χ0n) is 13.2. The fraction of sp³-hybridized carbons (Fsp3) is 0.222. The van der Waals surface area contributed by atoms with Crippen molar-refractivity contribution in [3.63, 3.8) is 0 Å². The molecule has 2 heterocycles. The first-order chi connectivity index (χ1) is 11.9. The molecule has 0 saturated heterocycles. The van der Waals surface area contributed by atoms with Gasteiger partial charge in [0, 0.05) is 30.1 Å². The molecule has 0 aliphatic carbocycles. The number of nitriles is 1. The van der Waals surface area contributed by atoms with Gasteiger partial charge in [-0.1, -0.05) is 42.1 Å². The minimum Gasteiger partial charge on any atom is -0.298 e. The number of hydrogen-bond acceptors (Lipinski definition) is 5. The number of benzene rings is 1. The molecule has 3 rings (SSSR count). The van der Waals surface area contributed by atoms with E-state index in [0.29, 0.717) is 13.0 Å². The molecule has 1 aromatic carbocycles. The molecule has 3 aromatic rings. The van der Waals surface area contributed by atoms with Gasteiger partial charge in [0.15, 0.2) is 11.0 Å². The van der Waals surface area contributed by atoms with E-state index in [4.69, 9.17) is 5.26 Å². The van der Waals surface area contributed by atoms with E-state index in [9.17, 15) is 0 Å². The Morgan fingerprint density at radius 2 is 1.96 bits per heavy atom. The Morgan fingerprint density at radius 1 is 1.08 bits per heavy atom. The van der Waals surface area contributed by atoms with E-state index in [1.54, 1.807) is 24.2 Å². The van der Waals surface area contributed by atoms with Crippen molar-refractivity contribution in [1.82, 2.24) is 19.7 Å². The number of hydrogen-bond donors (Lipinski definition) is 0. The molecule has 0 aliphatic heterocycles. The van der Waals surface area contributed by atoms with Gasteiger partial charge in [0.1, 0.15) is 0 Å². The summed E-state index contributed by atoms with van der Waals surface area (Å²) in [5.41, 5.74) is 2.14. The van der Waals surface area contributed by atoms with E-state index >= 15 is 0 Å². The maximum Gasteiger partial charge on any atom is 0.191 e. The van der Waals surface area contributed by atoms with Crippen LogP contribution in [0.4, 0.5) is 0 Å². The van der Waals surface area contributed by atoms with Gasteiger partial charge in [0.2, 0.25) is 0 Å². The maximum atomic E-state index is 8.67. The van der Waals surface area contributed by atoms with E-state index in [-0.39, 0.29) is 0 Å². The fourth-order valence-corrected chi connectivity index (χ4v) is 3.20. The second-order valence-corrected chi connectivity index (χ2v) is 6.29. The molecule has 0 spiro atoms. The highest BCUT2D eigenvalue weighted by Crippen LogP contribution is 2.25. The van der Waals surface area contributed by atoms with Crippen LogP contribution in [-0.2, 0) is 6.54 Å². The zero-order chi connectivity index (χ0) is 16.6. The molecular formula is C18H17N5S. The van der Waals surface area contributed by atoms with Crippen LogP contribution >= 0.6 is 11.8 Å². The lowest BCUT2D eigenvalue weighted by Gasteiger charge is -2.10. The Balaban J connectivity index is 1.88. The van der Waals surface area contributed by atoms with Crippen LogP contribution in [0.3, 0.4) is 0 Å². The molecule has 0 bridgehead atoms.